The van der Waals surface area contributed by atoms with Gasteiger partial charge in [-0.25, -0.2) is 4.98 Å². The third-order valence-electron chi connectivity index (χ3n) is 2.02. The van der Waals surface area contributed by atoms with E-state index in [9.17, 15) is 0 Å². The summed E-state index contributed by atoms with van der Waals surface area (Å²) in [6.45, 7) is 0.737. The smallest absolute Gasteiger partial charge is 0.126 e. The molecule has 1 aromatic heterocycles. The molecule has 2 heterocycles. The van der Waals surface area contributed by atoms with Gasteiger partial charge >= 0.3 is 0 Å². The molecule has 0 radical (unpaired) electrons. The molecule has 3 rings (SSSR count). The third kappa shape index (κ3) is 3.94. The van der Waals surface area contributed by atoms with Gasteiger partial charge in [0.05, 0.1) is 0 Å². The molecule has 17 heavy (non-hydrogen) atoms. The summed E-state index contributed by atoms with van der Waals surface area (Å²) in [7, 11) is 0. The molecule has 2 aromatic rings. The molecule has 88 valence electrons. The Morgan fingerprint density at radius 2 is 2.06 bits per heavy atom. The molecule has 1 aromatic carbocycles. The molecule has 0 amide bonds. The fourth-order valence-corrected chi connectivity index (χ4v) is 2.15. The average Bonchev–Trinajstić information content (AvgIpc) is 3.03. The first-order valence-corrected chi connectivity index (χ1v) is 6.83. The van der Waals surface area contributed by atoms with Gasteiger partial charge in [0.25, 0.3) is 0 Å². The number of oxime groups is 1. The summed E-state index contributed by atoms with van der Waals surface area (Å²) in [5.41, 5.74) is 1.20. The number of rotatable bonds is 1. The van der Waals surface area contributed by atoms with Crippen LogP contribution in [0.3, 0.4) is 0 Å². The molecule has 1 aliphatic rings. The van der Waals surface area contributed by atoms with Crippen molar-refractivity contribution in [3.05, 3.63) is 41.9 Å². The molecule has 0 fully saturated rings. The Labute approximate surface area is 112 Å². The van der Waals surface area contributed by atoms with Gasteiger partial charge in [-0.05, 0) is 15.9 Å². The Bertz CT molecular complexity index is 471. The van der Waals surface area contributed by atoms with E-state index in [4.69, 9.17) is 0 Å². The number of nitrogens with zero attached hydrogens (tertiary/aromatic N) is 2. The van der Waals surface area contributed by atoms with Crippen molar-refractivity contribution in [2.75, 3.05) is 6.61 Å². The normalized spacial score (nSPS) is 13.4. The Hall–Kier alpha value is -1.20. The second-order valence-electron chi connectivity index (χ2n) is 3.25. The summed E-state index contributed by atoms with van der Waals surface area (Å²) in [5, 5.41) is 6.65. The topological polar surface area (TPSA) is 34.5 Å². The van der Waals surface area contributed by atoms with E-state index in [0.29, 0.717) is 0 Å². The highest BCUT2D eigenvalue weighted by Gasteiger charge is 2.00. The fourth-order valence-electron chi connectivity index (χ4n) is 1.24. The van der Waals surface area contributed by atoms with Crippen LogP contribution in [-0.4, -0.2) is 16.2 Å². The second-order valence-corrected chi connectivity index (χ2v) is 5.06. The van der Waals surface area contributed by atoms with Crippen molar-refractivity contribution in [1.82, 2.24) is 4.98 Å². The van der Waals surface area contributed by atoms with Gasteiger partial charge in [-0.2, -0.15) is 0 Å². The lowest BCUT2D eigenvalue weighted by Crippen LogP contribution is -1.77. The predicted octanol–water partition coefficient (Wildman–Crippen LogP) is 3.93. The van der Waals surface area contributed by atoms with E-state index in [-0.39, 0.29) is 0 Å². The van der Waals surface area contributed by atoms with Gasteiger partial charge in [0.2, 0.25) is 0 Å². The minimum Gasteiger partial charge on any atom is -0.395 e. The lowest BCUT2D eigenvalue weighted by Gasteiger charge is -1.91. The van der Waals surface area contributed by atoms with Crippen LogP contribution in [0.5, 0.6) is 0 Å². The molecule has 0 saturated heterocycles. The third-order valence-corrected chi connectivity index (χ3v) is 3.38. The maximum Gasteiger partial charge on any atom is 0.126 e. The monoisotopic (exact) mass is 310 g/mol. The highest BCUT2D eigenvalue weighted by molar-refractivity contribution is 9.18. The molecule has 0 spiro atoms. The summed E-state index contributed by atoms with van der Waals surface area (Å²) in [6.07, 6.45) is 2.76. The van der Waals surface area contributed by atoms with Crippen molar-refractivity contribution in [3.8, 4) is 10.6 Å². The first-order chi connectivity index (χ1) is 8.36. The summed E-state index contributed by atoms with van der Waals surface area (Å²) < 4.78 is 0.919. The molecule has 0 atom stereocenters. The van der Waals surface area contributed by atoms with Gasteiger partial charge in [0.1, 0.15) is 16.2 Å². The molecule has 0 unspecified atom stereocenters. The SMILES string of the molecule is BrC1=NOCC1.c1ccc(-c2nccs2)cc1. The largest absolute Gasteiger partial charge is 0.395 e. The highest BCUT2D eigenvalue weighted by atomic mass is 79.9. The van der Waals surface area contributed by atoms with E-state index in [1.165, 1.54) is 5.56 Å². The van der Waals surface area contributed by atoms with Gasteiger partial charge in [0, 0.05) is 23.6 Å². The Morgan fingerprint density at radius 1 is 1.24 bits per heavy atom. The van der Waals surface area contributed by atoms with Crippen molar-refractivity contribution in [1.29, 1.82) is 0 Å². The van der Waals surface area contributed by atoms with Gasteiger partial charge in [-0.3, -0.25) is 0 Å². The van der Waals surface area contributed by atoms with Crippen molar-refractivity contribution in [2.24, 2.45) is 5.16 Å². The Balaban J connectivity index is 0.000000153. The van der Waals surface area contributed by atoms with E-state index in [2.05, 4.69) is 43.0 Å². The van der Waals surface area contributed by atoms with Crippen molar-refractivity contribution >= 4 is 31.9 Å². The first kappa shape index (κ1) is 12.3. The minimum absolute atomic E-state index is 0.737. The van der Waals surface area contributed by atoms with E-state index < -0.39 is 0 Å². The molecule has 3 nitrogen and oxygen atoms in total. The molecule has 0 saturated carbocycles. The average molecular weight is 311 g/mol. The van der Waals surface area contributed by atoms with E-state index in [1.54, 1.807) is 11.3 Å². The predicted molar refractivity (Wildman–Crippen MR) is 74.5 cm³/mol. The zero-order valence-corrected chi connectivity index (χ0v) is 11.4. The van der Waals surface area contributed by atoms with E-state index >= 15 is 0 Å². The number of thiazole rings is 1. The molecule has 1 aliphatic heterocycles. The molecular formula is C12H11BrN2OS. The van der Waals surface area contributed by atoms with Crippen molar-refractivity contribution < 1.29 is 4.84 Å². The summed E-state index contributed by atoms with van der Waals surface area (Å²) in [6, 6.07) is 10.2. The lowest BCUT2D eigenvalue weighted by molar-refractivity contribution is 0.174. The summed E-state index contributed by atoms with van der Waals surface area (Å²) in [4.78, 5) is 8.80. The number of benzene rings is 1. The van der Waals surface area contributed by atoms with Gasteiger partial charge < -0.3 is 4.84 Å². The molecule has 5 heteroatoms. The van der Waals surface area contributed by atoms with Crippen molar-refractivity contribution in [3.63, 3.8) is 0 Å². The van der Waals surface area contributed by atoms with Crippen LogP contribution in [-0.2, 0) is 4.84 Å². The van der Waals surface area contributed by atoms with E-state index in [0.717, 1.165) is 22.7 Å². The summed E-state index contributed by atoms with van der Waals surface area (Å²) >= 11 is 4.83. The van der Waals surface area contributed by atoms with Crippen LogP contribution >= 0.6 is 27.3 Å². The van der Waals surface area contributed by atoms with Gasteiger partial charge in [0.15, 0.2) is 0 Å². The number of hydrogen-bond acceptors (Lipinski definition) is 4. The number of hydrogen-bond donors (Lipinski definition) is 0. The quantitative estimate of drug-likeness (QED) is 0.800. The van der Waals surface area contributed by atoms with Crippen LogP contribution in [0.4, 0.5) is 0 Å². The molecule has 0 aliphatic carbocycles. The van der Waals surface area contributed by atoms with Crippen LogP contribution in [0.1, 0.15) is 6.42 Å². The second kappa shape index (κ2) is 6.51. The Morgan fingerprint density at radius 3 is 2.53 bits per heavy atom. The fraction of sp³-hybridized carbons (Fsp3) is 0.167. The van der Waals surface area contributed by atoms with E-state index in [1.807, 2.05) is 29.8 Å². The van der Waals surface area contributed by atoms with Crippen molar-refractivity contribution in [2.45, 2.75) is 6.42 Å². The van der Waals surface area contributed by atoms with Gasteiger partial charge in [-0.15, -0.1) is 11.3 Å². The van der Waals surface area contributed by atoms with Crippen LogP contribution in [0.2, 0.25) is 0 Å². The number of halogens is 1. The Kier molecular flexibility index (Phi) is 4.70. The molecular weight excluding hydrogens is 300 g/mol. The number of aromatic nitrogens is 1. The van der Waals surface area contributed by atoms with Crippen LogP contribution in [0.15, 0.2) is 47.1 Å². The standard InChI is InChI=1S/C9H7NS.C3H4BrNO/c1-2-4-8(5-3-1)9-10-6-7-11-9;4-3-1-2-6-5-3/h1-7H;1-2H2. The maximum atomic E-state index is 4.60. The first-order valence-electron chi connectivity index (χ1n) is 5.15. The zero-order chi connectivity index (χ0) is 11.9. The zero-order valence-electron chi connectivity index (χ0n) is 9.04. The summed E-state index contributed by atoms with van der Waals surface area (Å²) in [5.74, 6) is 0. The van der Waals surface area contributed by atoms with Crippen LogP contribution in [0.25, 0.3) is 10.6 Å². The highest BCUT2D eigenvalue weighted by Crippen LogP contribution is 2.20. The lowest BCUT2D eigenvalue weighted by atomic mass is 10.2. The minimum atomic E-state index is 0.737. The van der Waals surface area contributed by atoms with Crippen LogP contribution < -0.4 is 0 Å². The van der Waals surface area contributed by atoms with Crippen LogP contribution in [0, 0.1) is 0 Å². The maximum absolute atomic E-state index is 4.60. The van der Waals surface area contributed by atoms with Gasteiger partial charge in [-0.1, -0.05) is 35.5 Å². The molecule has 0 bridgehead atoms. The molecule has 0 N–H and O–H groups in total.